The smallest absolute Gasteiger partial charge is 0.325 e. The van der Waals surface area contributed by atoms with E-state index in [-0.39, 0.29) is 12.6 Å². The molecule has 0 aliphatic rings. The van der Waals surface area contributed by atoms with E-state index < -0.39 is 5.97 Å². The lowest BCUT2D eigenvalue weighted by Gasteiger charge is -2.16. The van der Waals surface area contributed by atoms with E-state index in [1.54, 1.807) is 20.0 Å². The van der Waals surface area contributed by atoms with Gasteiger partial charge in [0.15, 0.2) is 0 Å². The van der Waals surface area contributed by atoms with Crippen LogP contribution < -0.4 is 5.32 Å². The van der Waals surface area contributed by atoms with Crippen molar-refractivity contribution in [2.75, 3.05) is 20.2 Å². The number of carbonyl (C=O) groups excluding carboxylic acids is 2. The van der Waals surface area contributed by atoms with Crippen LogP contribution in [0.3, 0.4) is 0 Å². The van der Waals surface area contributed by atoms with Gasteiger partial charge in [0, 0.05) is 11.9 Å². The molecule has 7 heteroatoms. The second-order valence-corrected chi connectivity index (χ2v) is 5.33. The summed E-state index contributed by atoms with van der Waals surface area (Å²) >= 11 is 7.22. The molecule has 0 saturated heterocycles. The molecule has 0 radical (unpaired) electrons. The van der Waals surface area contributed by atoms with Crippen LogP contribution in [0.1, 0.15) is 11.8 Å². The summed E-state index contributed by atoms with van der Waals surface area (Å²) < 4.78 is 5.39. The number of urea groups is 1. The molecular weight excluding hydrogens is 276 g/mol. The molecule has 0 bridgehead atoms. The summed E-state index contributed by atoms with van der Waals surface area (Å²) in [5.74, 6) is -0.446. The fraction of sp³-hybridized carbons (Fsp3) is 0.455. The van der Waals surface area contributed by atoms with Gasteiger partial charge in [0.05, 0.1) is 17.5 Å². The van der Waals surface area contributed by atoms with Crippen LogP contribution in [0.25, 0.3) is 0 Å². The van der Waals surface area contributed by atoms with Crippen LogP contribution >= 0.6 is 22.9 Å². The van der Waals surface area contributed by atoms with Crippen molar-refractivity contribution in [2.24, 2.45) is 0 Å². The standard InChI is InChI=1S/C11H15ClN2O3S/c1-3-17-10(15)6-13-11(16)14(2)7-8-4-5-9(12)18-8/h4-5H,3,6-7H2,1-2H3,(H,13,16). The number of rotatable bonds is 5. The first kappa shape index (κ1) is 14.8. The first-order chi connectivity index (χ1) is 8.52. The number of halogens is 1. The molecule has 0 unspecified atom stereocenters. The van der Waals surface area contributed by atoms with Gasteiger partial charge in [0.25, 0.3) is 0 Å². The lowest BCUT2D eigenvalue weighted by atomic mass is 10.4. The number of esters is 1. The minimum Gasteiger partial charge on any atom is -0.465 e. The van der Waals surface area contributed by atoms with Gasteiger partial charge in [0.2, 0.25) is 0 Å². The first-order valence-corrected chi connectivity index (χ1v) is 6.61. The van der Waals surface area contributed by atoms with Crippen molar-refractivity contribution in [2.45, 2.75) is 13.5 Å². The Bertz CT molecular complexity index is 422. The highest BCUT2D eigenvalue weighted by molar-refractivity contribution is 7.16. The summed E-state index contributed by atoms with van der Waals surface area (Å²) in [6.45, 7) is 2.35. The van der Waals surface area contributed by atoms with Crippen molar-refractivity contribution < 1.29 is 14.3 Å². The third-order valence-corrected chi connectivity index (χ3v) is 3.27. The van der Waals surface area contributed by atoms with E-state index in [1.165, 1.54) is 16.2 Å². The maximum Gasteiger partial charge on any atom is 0.325 e. The summed E-state index contributed by atoms with van der Waals surface area (Å²) in [7, 11) is 1.65. The third-order valence-electron chi connectivity index (χ3n) is 2.06. The van der Waals surface area contributed by atoms with Crippen LogP contribution in [0.2, 0.25) is 4.34 Å². The van der Waals surface area contributed by atoms with Crippen LogP contribution in [-0.4, -0.2) is 37.1 Å². The van der Waals surface area contributed by atoms with Gasteiger partial charge < -0.3 is 15.0 Å². The summed E-state index contributed by atoms with van der Waals surface area (Å²) in [4.78, 5) is 25.2. The van der Waals surface area contributed by atoms with Crippen molar-refractivity contribution in [1.82, 2.24) is 10.2 Å². The van der Waals surface area contributed by atoms with Crippen molar-refractivity contribution >= 4 is 34.9 Å². The second kappa shape index (κ2) is 7.23. The summed E-state index contributed by atoms with van der Waals surface area (Å²) in [5.41, 5.74) is 0. The van der Waals surface area contributed by atoms with Gasteiger partial charge in [0.1, 0.15) is 6.54 Å². The zero-order valence-electron chi connectivity index (χ0n) is 10.2. The SMILES string of the molecule is CCOC(=O)CNC(=O)N(C)Cc1ccc(Cl)s1. The largest absolute Gasteiger partial charge is 0.465 e. The Morgan fingerprint density at radius 2 is 2.22 bits per heavy atom. The zero-order chi connectivity index (χ0) is 13.5. The number of ether oxygens (including phenoxy) is 1. The second-order valence-electron chi connectivity index (χ2n) is 3.53. The van der Waals surface area contributed by atoms with E-state index in [9.17, 15) is 9.59 Å². The molecule has 0 fully saturated rings. The van der Waals surface area contributed by atoms with E-state index in [0.717, 1.165) is 4.88 Å². The van der Waals surface area contributed by atoms with Gasteiger partial charge in [-0.05, 0) is 19.1 Å². The Balaban J connectivity index is 2.35. The summed E-state index contributed by atoms with van der Waals surface area (Å²) in [6, 6.07) is 3.32. The average Bonchev–Trinajstić information content (AvgIpc) is 2.72. The molecule has 1 N–H and O–H groups in total. The molecule has 0 aliphatic heterocycles. The fourth-order valence-electron chi connectivity index (χ4n) is 1.24. The predicted octanol–water partition coefficient (Wildman–Crippen LogP) is 2.11. The van der Waals surface area contributed by atoms with Gasteiger partial charge in [-0.2, -0.15) is 0 Å². The normalized spacial score (nSPS) is 9.94. The number of nitrogens with zero attached hydrogens (tertiary/aromatic N) is 1. The molecule has 1 aromatic rings. The molecule has 1 rings (SSSR count). The molecule has 0 spiro atoms. The van der Waals surface area contributed by atoms with E-state index in [2.05, 4.69) is 5.32 Å². The predicted molar refractivity (Wildman–Crippen MR) is 70.8 cm³/mol. The quantitative estimate of drug-likeness (QED) is 0.845. The zero-order valence-corrected chi connectivity index (χ0v) is 11.8. The maximum atomic E-state index is 11.6. The number of carbonyl (C=O) groups is 2. The van der Waals surface area contributed by atoms with Gasteiger partial charge in [-0.3, -0.25) is 4.79 Å². The van der Waals surface area contributed by atoms with Crippen molar-refractivity contribution in [1.29, 1.82) is 0 Å². The Kier molecular flexibility index (Phi) is 5.94. The van der Waals surface area contributed by atoms with Crippen molar-refractivity contribution in [3.63, 3.8) is 0 Å². The molecule has 5 nitrogen and oxygen atoms in total. The number of amides is 2. The number of nitrogens with one attached hydrogen (secondary N) is 1. The third kappa shape index (κ3) is 4.93. The van der Waals surface area contributed by atoms with Gasteiger partial charge in [-0.1, -0.05) is 11.6 Å². The fourth-order valence-corrected chi connectivity index (χ4v) is 2.38. The first-order valence-electron chi connectivity index (χ1n) is 5.41. The molecule has 100 valence electrons. The topological polar surface area (TPSA) is 58.6 Å². The van der Waals surface area contributed by atoms with Gasteiger partial charge in [-0.25, -0.2) is 4.79 Å². The van der Waals surface area contributed by atoms with Gasteiger partial charge in [-0.15, -0.1) is 11.3 Å². The Morgan fingerprint density at radius 3 is 2.78 bits per heavy atom. The Hall–Kier alpha value is -1.27. The van der Waals surface area contributed by atoms with Gasteiger partial charge >= 0.3 is 12.0 Å². The van der Waals surface area contributed by atoms with Crippen LogP contribution in [0.15, 0.2) is 12.1 Å². The maximum absolute atomic E-state index is 11.6. The average molecular weight is 291 g/mol. The lowest BCUT2D eigenvalue weighted by Crippen LogP contribution is -2.39. The highest BCUT2D eigenvalue weighted by Crippen LogP contribution is 2.22. The minimum absolute atomic E-state index is 0.123. The van der Waals surface area contributed by atoms with Crippen LogP contribution in [0.5, 0.6) is 0 Å². The highest BCUT2D eigenvalue weighted by Gasteiger charge is 2.11. The number of hydrogen-bond acceptors (Lipinski definition) is 4. The van der Waals surface area contributed by atoms with Crippen LogP contribution in [0.4, 0.5) is 4.79 Å². The van der Waals surface area contributed by atoms with E-state index in [1.807, 2.05) is 6.07 Å². The number of thiophene rings is 1. The van der Waals surface area contributed by atoms with Crippen molar-refractivity contribution in [3.8, 4) is 0 Å². The van der Waals surface area contributed by atoms with E-state index >= 15 is 0 Å². The molecule has 0 atom stereocenters. The minimum atomic E-state index is -0.446. The van der Waals surface area contributed by atoms with E-state index in [4.69, 9.17) is 16.3 Å². The molecule has 2 amide bonds. The Labute approximate surface area is 115 Å². The number of hydrogen-bond donors (Lipinski definition) is 1. The molecule has 1 heterocycles. The molecule has 1 aromatic heterocycles. The Morgan fingerprint density at radius 1 is 1.50 bits per heavy atom. The molecule has 0 aromatic carbocycles. The summed E-state index contributed by atoms with van der Waals surface area (Å²) in [5, 5.41) is 2.48. The molecule has 0 saturated carbocycles. The summed E-state index contributed by atoms with van der Waals surface area (Å²) in [6.07, 6.45) is 0. The van der Waals surface area contributed by atoms with Crippen LogP contribution in [0, 0.1) is 0 Å². The molecule has 0 aliphatic carbocycles. The lowest BCUT2D eigenvalue weighted by molar-refractivity contribution is -0.141. The molecule has 18 heavy (non-hydrogen) atoms. The van der Waals surface area contributed by atoms with E-state index in [0.29, 0.717) is 17.5 Å². The highest BCUT2D eigenvalue weighted by atomic mass is 35.5. The van der Waals surface area contributed by atoms with Crippen LogP contribution in [-0.2, 0) is 16.1 Å². The monoisotopic (exact) mass is 290 g/mol. The molecular formula is C11H15ClN2O3S. The van der Waals surface area contributed by atoms with Crippen molar-refractivity contribution in [3.05, 3.63) is 21.3 Å².